The molecule has 5 rings (SSSR count). The number of carbonyl (C=O) groups excluding carboxylic acids is 2. The number of thiophene rings is 1. The van der Waals surface area contributed by atoms with Crippen molar-refractivity contribution < 1.29 is 14.3 Å². The molecule has 0 atom stereocenters. The van der Waals surface area contributed by atoms with Crippen LogP contribution in [0.4, 0.5) is 0 Å². The van der Waals surface area contributed by atoms with Crippen molar-refractivity contribution in [2.75, 3.05) is 13.2 Å². The predicted molar refractivity (Wildman–Crippen MR) is 118 cm³/mol. The van der Waals surface area contributed by atoms with Gasteiger partial charge in [0.1, 0.15) is 6.54 Å². The molecule has 2 heterocycles. The number of benzene rings is 1. The second-order valence-electron chi connectivity index (χ2n) is 7.83. The number of hydrogen-bond donors (Lipinski definition) is 1. The number of para-hydroxylation sites is 1. The predicted octanol–water partition coefficient (Wildman–Crippen LogP) is 4.47. The molecule has 0 bridgehead atoms. The van der Waals surface area contributed by atoms with Crippen molar-refractivity contribution in [2.45, 2.75) is 25.7 Å². The molecule has 3 aromatic rings. The van der Waals surface area contributed by atoms with Crippen molar-refractivity contribution in [3.05, 3.63) is 63.5 Å². The van der Waals surface area contributed by atoms with Crippen LogP contribution >= 0.6 is 11.3 Å². The van der Waals surface area contributed by atoms with Crippen molar-refractivity contribution in [1.82, 2.24) is 10.3 Å². The van der Waals surface area contributed by atoms with Gasteiger partial charge in [0, 0.05) is 10.3 Å². The van der Waals surface area contributed by atoms with Crippen molar-refractivity contribution in [3.8, 4) is 0 Å². The number of carbonyl (C=O) groups is 2. The third-order valence-corrected chi connectivity index (χ3v) is 6.42. The molecule has 2 aromatic heterocycles. The van der Waals surface area contributed by atoms with Crippen LogP contribution in [0.3, 0.4) is 0 Å². The maximum atomic E-state index is 13.1. The first-order chi connectivity index (χ1) is 14.7. The van der Waals surface area contributed by atoms with Gasteiger partial charge in [0.25, 0.3) is 5.91 Å². The van der Waals surface area contributed by atoms with Crippen LogP contribution in [0.5, 0.6) is 0 Å². The summed E-state index contributed by atoms with van der Waals surface area (Å²) in [6.45, 7) is 0.341. The number of allylic oxidation sites excluding steroid dienone is 1. The number of pyridine rings is 1. The zero-order valence-electron chi connectivity index (χ0n) is 16.5. The lowest BCUT2D eigenvalue weighted by Crippen LogP contribution is -2.31. The molecule has 0 spiro atoms. The largest absolute Gasteiger partial charge is 0.464 e. The summed E-state index contributed by atoms with van der Waals surface area (Å²) < 4.78 is 5.23. The fourth-order valence-corrected chi connectivity index (χ4v) is 4.55. The van der Waals surface area contributed by atoms with Crippen LogP contribution in [0.2, 0.25) is 0 Å². The van der Waals surface area contributed by atoms with Gasteiger partial charge < -0.3 is 10.1 Å². The van der Waals surface area contributed by atoms with E-state index in [0.717, 1.165) is 53.4 Å². The standard InChI is InChI=1S/C24H22N2O3S/c27-21(29-14-15-7-8-15)13-25-24(28)22-18-5-1-2-6-20(18)26-23-16(9-10-19(22)23)12-17-4-3-11-30-17/h1-6,11-12,15H,7-10,13-14H2,(H,25,28)/b16-12+. The highest BCUT2D eigenvalue weighted by Crippen LogP contribution is 2.37. The first kappa shape index (κ1) is 19.0. The molecular weight excluding hydrogens is 396 g/mol. The van der Waals surface area contributed by atoms with Crippen LogP contribution in [0.15, 0.2) is 41.8 Å². The number of hydrogen-bond acceptors (Lipinski definition) is 5. The van der Waals surface area contributed by atoms with Crippen LogP contribution in [0, 0.1) is 5.92 Å². The quantitative estimate of drug-likeness (QED) is 0.600. The molecule has 1 amide bonds. The molecule has 2 aliphatic rings. The molecule has 30 heavy (non-hydrogen) atoms. The normalized spacial score (nSPS) is 16.6. The number of nitrogens with one attached hydrogen (secondary N) is 1. The highest BCUT2D eigenvalue weighted by molar-refractivity contribution is 7.10. The SMILES string of the molecule is O=C(CNC(=O)c1c2c(nc3ccccc13)/C(=C/c1cccs1)CC2)OCC1CC1. The van der Waals surface area contributed by atoms with Crippen LogP contribution in [0.25, 0.3) is 22.6 Å². The van der Waals surface area contributed by atoms with Gasteiger partial charge in [-0.1, -0.05) is 24.3 Å². The Labute approximate surface area is 178 Å². The molecular formula is C24H22N2O3S. The van der Waals surface area contributed by atoms with E-state index in [9.17, 15) is 9.59 Å². The van der Waals surface area contributed by atoms with E-state index in [1.54, 1.807) is 11.3 Å². The topological polar surface area (TPSA) is 68.3 Å². The lowest BCUT2D eigenvalue weighted by atomic mass is 10.00. The van der Waals surface area contributed by atoms with Crippen LogP contribution in [0.1, 0.15) is 45.8 Å². The van der Waals surface area contributed by atoms with Crippen molar-refractivity contribution in [1.29, 1.82) is 0 Å². The molecule has 1 saturated carbocycles. The van der Waals surface area contributed by atoms with E-state index in [2.05, 4.69) is 22.8 Å². The van der Waals surface area contributed by atoms with Crippen molar-refractivity contribution in [2.24, 2.45) is 5.92 Å². The summed E-state index contributed by atoms with van der Waals surface area (Å²) in [6.07, 6.45) is 6.01. The second-order valence-corrected chi connectivity index (χ2v) is 8.80. The van der Waals surface area contributed by atoms with E-state index >= 15 is 0 Å². The van der Waals surface area contributed by atoms with Gasteiger partial charge in [0.05, 0.1) is 23.4 Å². The minimum atomic E-state index is -0.386. The average Bonchev–Trinajstić information content (AvgIpc) is 3.30. The monoisotopic (exact) mass is 418 g/mol. The Kier molecular flexibility index (Phi) is 5.09. The number of amides is 1. The maximum absolute atomic E-state index is 13.1. The molecule has 1 fully saturated rings. The fraction of sp³-hybridized carbons (Fsp3) is 0.292. The Hall–Kier alpha value is -2.99. The van der Waals surface area contributed by atoms with Gasteiger partial charge in [-0.25, -0.2) is 4.98 Å². The number of ether oxygens (including phenoxy) is 1. The Morgan fingerprint density at radius 3 is 2.83 bits per heavy atom. The summed E-state index contributed by atoms with van der Waals surface area (Å²) in [4.78, 5) is 31.2. The minimum Gasteiger partial charge on any atom is -0.464 e. The van der Waals surface area contributed by atoms with E-state index in [0.29, 0.717) is 18.1 Å². The van der Waals surface area contributed by atoms with Gasteiger partial charge in [-0.15, -0.1) is 11.3 Å². The van der Waals surface area contributed by atoms with E-state index in [1.807, 2.05) is 30.3 Å². The summed E-state index contributed by atoms with van der Waals surface area (Å²) in [5.74, 6) is -0.125. The number of nitrogens with zero attached hydrogens (tertiary/aromatic N) is 1. The molecule has 1 N–H and O–H groups in total. The fourth-order valence-electron chi connectivity index (χ4n) is 3.87. The van der Waals surface area contributed by atoms with Gasteiger partial charge in [0.15, 0.2) is 0 Å². The third-order valence-electron chi connectivity index (χ3n) is 5.60. The lowest BCUT2D eigenvalue weighted by molar-refractivity contribution is -0.142. The van der Waals surface area contributed by atoms with E-state index in [-0.39, 0.29) is 18.4 Å². The van der Waals surface area contributed by atoms with E-state index in [1.165, 1.54) is 4.88 Å². The second kappa shape index (κ2) is 8.03. The first-order valence-electron chi connectivity index (χ1n) is 10.3. The van der Waals surface area contributed by atoms with Gasteiger partial charge in [-0.3, -0.25) is 9.59 Å². The van der Waals surface area contributed by atoms with Crippen LogP contribution in [-0.4, -0.2) is 30.0 Å². The third kappa shape index (κ3) is 3.87. The van der Waals surface area contributed by atoms with Crippen molar-refractivity contribution in [3.63, 3.8) is 0 Å². The number of esters is 1. The zero-order valence-corrected chi connectivity index (χ0v) is 17.3. The Morgan fingerprint density at radius 2 is 2.03 bits per heavy atom. The molecule has 0 radical (unpaired) electrons. The molecule has 0 aliphatic heterocycles. The molecule has 6 heteroatoms. The van der Waals surface area contributed by atoms with E-state index in [4.69, 9.17) is 9.72 Å². The van der Waals surface area contributed by atoms with Crippen LogP contribution in [-0.2, 0) is 16.0 Å². The molecule has 152 valence electrons. The summed E-state index contributed by atoms with van der Waals surface area (Å²) >= 11 is 1.69. The highest BCUT2D eigenvalue weighted by Gasteiger charge is 2.27. The summed E-state index contributed by atoms with van der Waals surface area (Å²) in [5, 5.41) is 5.64. The summed E-state index contributed by atoms with van der Waals surface area (Å²) in [6, 6.07) is 11.8. The first-order valence-corrected chi connectivity index (χ1v) is 11.2. The lowest BCUT2D eigenvalue weighted by Gasteiger charge is -2.13. The molecule has 5 nitrogen and oxygen atoms in total. The Balaban J connectivity index is 1.45. The maximum Gasteiger partial charge on any atom is 0.325 e. The zero-order chi connectivity index (χ0) is 20.5. The Bertz CT molecular complexity index is 1150. The number of fused-ring (bicyclic) bond motifs is 2. The molecule has 1 aromatic carbocycles. The van der Waals surface area contributed by atoms with E-state index < -0.39 is 0 Å². The highest BCUT2D eigenvalue weighted by atomic mass is 32.1. The molecule has 2 aliphatic carbocycles. The summed E-state index contributed by atoms with van der Waals surface area (Å²) in [7, 11) is 0. The van der Waals surface area contributed by atoms with Crippen LogP contribution < -0.4 is 5.32 Å². The van der Waals surface area contributed by atoms with Gasteiger partial charge in [-0.05, 0) is 66.3 Å². The van der Waals surface area contributed by atoms with Gasteiger partial charge >= 0.3 is 5.97 Å². The molecule has 0 saturated heterocycles. The smallest absolute Gasteiger partial charge is 0.325 e. The summed E-state index contributed by atoms with van der Waals surface area (Å²) in [5.41, 5.74) is 4.41. The minimum absolute atomic E-state index is 0.116. The molecule has 0 unspecified atom stereocenters. The number of rotatable bonds is 6. The van der Waals surface area contributed by atoms with Gasteiger partial charge in [0.2, 0.25) is 0 Å². The Morgan fingerprint density at radius 1 is 1.17 bits per heavy atom. The van der Waals surface area contributed by atoms with Gasteiger partial charge in [-0.2, -0.15) is 0 Å². The number of aromatic nitrogens is 1. The van der Waals surface area contributed by atoms with Crippen molar-refractivity contribution >= 4 is 45.8 Å². The average molecular weight is 419 g/mol.